The smallest absolute Gasteiger partial charge is 0.252 e. The monoisotopic (exact) mass is 350 g/mol. The minimum absolute atomic E-state index is 0.0145. The summed E-state index contributed by atoms with van der Waals surface area (Å²) in [6.07, 6.45) is 0. The molecule has 0 fully saturated rings. The molecule has 128 valence electrons. The molecule has 1 aliphatic heterocycles. The van der Waals surface area contributed by atoms with Crippen LogP contribution in [0, 0.1) is 11.2 Å². The first kappa shape index (κ1) is 16.9. The van der Waals surface area contributed by atoms with Gasteiger partial charge in [-0.25, -0.2) is 4.39 Å². The lowest BCUT2D eigenvalue weighted by Gasteiger charge is -2.35. The number of halogens is 2. The molecule has 1 aromatic heterocycles. The van der Waals surface area contributed by atoms with Gasteiger partial charge in [0.2, 0.25) is 0 Å². The molecular formula is C17H20ClFN4O. The van der Waals surface area contributed by atoms with Crippen LogP contribution < -0.4 is 11.1 Å². The number of primary amides is 1. The van der Waals surface area contributed by atoms with E-state index in [-0.39, 0.29) is 16.5 Å². The molecule has 1 aliphatic rings. The molecule has 0 radical (unpaired) electrons. The summed E-state index contributed by atoms with van der Waals surface area (Å²) in [6.45, 7) is 7.62. The number of amides is 1. The van der Waals surface area contributed by atoms with Crippen LogP contribution in [0.5, 0.6) is 0 Å². The molecule has 0 saturated heterocycles. The van der Waals surface area contributed by atoms with Crippen molar-refractivity contribution in [2.45, 2.75) is 33.4 Å². The predicted octanol–water partition coefficient (Wildman–Crippen LogP) is 3.13. The van der Waals surface area contributed by atoms with Gasteiger partial charge >= 0.3 is 0 Å². The van der Waals surface area contributed by atoms with E-state index in [1.54, 1.807) is 6.07 Å². The van der Waals surface area contributed by atoms with E-state index in [1.807, 2.05) is 4.68 Å². The summed E-state index contributed by atoms with van der Waals surface area (Å²) in [5.41, 5.74) is 7.69. The highest BCUT2D eigenvalue weighted by molar-refractivity contribution is 6.31. The van der Waals surface area contributed by atoms with Crippen molar-refractivity contribution in [2.75, 3.05) is 6.54 Å². The lowest BCUT2D eigenvalue weighted by Crippen LogP contribution is -2.40. The SMILES string of the molecule is CC(C)(C)C1CNCc2c(C(N)=O)c(-c3ccc(F)c(Cl)c3)nn21. The molecule has 24 heavy (non-hydrogen) atoms. The Morgan fingerprint density at radius 3 is 2.75 bits per heavy atom. The molecule has 0 bridgehead atoms. The van der Waals surface area contributed by atoms with Gasteiger partial charge in [0.1, 0.15) is 11.5 Å². The van der Waals surface area contributed by atoms with Crippen molar-refractivity contribution in [3.05, 3.63) is 40.3 Å². The van der Waals surface area contributed by atoms with E-state index < -0.39 is 11.7 Å². The molecule has 0 saturated carbocycles. The van der Waals surface area contributed by atoms with Gasteiger partial charge in [-0.1, -0.05) is 32.4 Å². The Hall–Kier alpha value is -1.92. The Morgan fingerprint density at radius 1 is 1.46 bits per heavy atom. The third kappa shape index (κ3) is 2.80. The normalized spacial score (nSPS) is 17.6. The largest absolute Gasteiger partial charge is 0.365 e. The van der Waals surface area contributed by atoms with E-state index in [0.717, 1.165) is 12.2 Å². The van der Waals surface area contributed by atoms with Crippen LogP contribution in [0.4, 0.5) is 4.39 Å². The predicted molar refractivity (Wildman–Crippen MR) is 91.3 cm³/mol. The van der Waals surface area contributed by atoms with Gasteiger partial charge in [-0.3, -0.25) is 9.48 Å². The highest BCUT2D eigenvalue weighted by Crippen LogP contribution is 2.37. The topological polar surface area (TPSA) is 72.9 Å². The van der Waals surface area contributed by atoms with E-state index in [0.29, 0.717) is 23.4 Å². The Kier molecular flexibility index (Phi) is 4.13. The van der Waals surface area contributed by atoms with Crippen molar-refractivity contribution >= 4 is 17.5 Å². The Labute approximate surface area is 145 Å². The first-order valence-corrected chi connectivity index (χ1v) is 8.15. The van der Waals surface area contributed by atoms with Crippen molar-refractivity contribution < 1.29 is 9.18 Å². The molecule has 1 unspecified atom stereocenters. The van der Waals surface area contributed by atoms with E-state index in [1.165, 1.54) is 12.1 Å². The molecule has 3 N–H and O–H groups in total. The molecule has 1 aromatic carbocycles. The average Bonchev–Trinajstić information content (AvgIpc) is 2.88. The van der Waals surface area contributed by atoms with Crippen molar-refractivity contribution in [3.8, 4) is 11.3 Å². The van der Waals surface area contributed by atoms with Crippen LogP contribution in [0.3, 0.4) is 0 Å². The zero-order valence-electron chi connectivity index (χ0n) is 13.9. The Morgan fingerprint density at radius 2 is 2.17 bits per heavy atom. The third-order valence-corrected chi connectivity index (χ3v) is 4.66. The fourth-order valence-corrected chi connectivity index (χ4v) is 3.27. The lowest BCUT2D eigenvalue weighted by molar-refractivity contribution is 0.0998. The van der Waals surface area contributed by atoms with Crippen molar-refractivity contribution in [2.24, 2.45) is 11.1 Å². The molecule has 2 aromatic rings. The zero-order valence-corrected chi connectivity index (χ0v) is 14.6. The number of carbonyl (C=O) groups is 1. The molecule has 7 heteroatoms. The van der Waals surface area contributed by atoms with Crippen LogP contribution in [0.1, 0.15) is 42.9 Å². The van der Waals surface area contributed by atoms with E-state index in [4.69, 9.17) is 17.3 Å². The van der Waals surface area contributed by atoms with E-state index in [2.05, 4.69) is 31.2 Å². The minimum atomic E-state index is -0.553. The summed E-state index contributed by atoms with van der Waals surface area (Å²) in [5, 5.41) is 7.96. The summed E-state index contributed by atoms with van der Waals surface area (Å²) in [5.74, 6) is -1.07. The van der Waals surface area contributed by atoms with Crippen LogP contribution in [-0.2, 0) is 6.54 Å². The number of hydrogen-bond donors (Lipinski definition) is 2. The lowest BCUT2D eigenvalue weighted by atomic mass is 9.85. The summed E-state index contributed by atoms with van der Waals surface area (Å²) in [4.78, 5) is 12.1. The average molecular weight is 351 g/mol. The third-order valence-electron chi connectivity index (χ3n) is 4.37. The van der Waals surface area contributed by atoms with Gasteiger partial charge < -0.3 is 11.1 Å². The molecule has 0 spiro atoms. The van der Waals surface area contributed by atoms with Crippen LogP contribution in [0.25, 0.3) is 11.3 Å². The summed E-state index contributed by atoms with van der Waals surface area (Å²) < 4.78 is 15.3. The van der Waals surface area contributed by atoms with Gasteiger partial charge in [0.05, 0.1) is 22.3 Å². The number of hydrogen-bond acceptors (Lipinski definition) is 3. The van der Waals surface area contributed by atoms with Crippen LogP contribution in [-0.4, -0.2) is 22.2 Å². The molecule has 0 aliphatic carbocycles. The van der Waals surface area contributed by atoms with Gasteiger partial charge in [0, 0.05) is 18.7 Å². The second-order valence-corrected chi connectivity index (χ2v) is 7.53. The quantitative estimate of drug-likeness (QED) is 0.874. The van der Waals surface area contributed by atoms with Crippen molar-refractivity contribution in [1.82, 2.24) is 15.1 Å². The summed E-state index contributed by atoms with van der Waals surface area (Å²) >= 11 is 5.89. The van der Waals surface area contributed by atoms with Crippen LogP contribution >= 0.6 is 11.6 Å². The fourth-order valence-electron chi connectivity index (χ4n) is 3.09. The number of nitrogens with two attached hydrogens (primary N) is 1. The Bertz CT molecular complexity index is 810. The molecule has 3 rings (SSSR count). The fraction of sp³-hybridized carbons (Fsp3) is 0.412. The molecule has 1 atom stereocenters. The number of nitrogens with zero attached hydrogens (tertiary/aromatic N) is 2. The number of fused-ring (bicyclic) bond motifs is 1. The first-order chi connectivity index (χ1) is 11.2. The summed E-state index contributed by atoms with van der Waals surface area (Å²) in [7, 11) is 0. The molecule has 1 amide bonds. The summed E-state index contributed by atoms with van der Waals surface area (Å²) in [6, 6.07) is 4.36. The zero-order chi connectivity index (χ0) is 17.6. The number of aromatic nitrogens is 2. The number of rotatable bonds is 2. The van der Waals surface area contributed by atoms with Crippen LogP contribution in [0.15, 0.2) is 18.2 Å². The maximum atomic E-state index is 13.5. The van der Waals surface area contributed by atoms with Crippen molar-refractivity contribution in [1.29, 1.82) is 0 Å². The second kappa shape index (κ2) is 5.86. The Balaban J connectivity index is 2.22. The van der Waals surface area contributed by atoms with Crippen molar-refractivity contribution in [3.63, 3.8) is 0 Å². The van der Waals surface area contributed by atoms with Crippen LogP contribution in [0.2, 0.25) is 5.02 Å². The standard InChI is InChI=1S/C17H20ClFN4O/c1-17(2,3)13-8-21-7-12-14(16(20)24)15(22-23(12)13)9-4-5-11(19)10(18)6-9/h4-6,13,21H,7-8H2,1-3H3,(H2,20,24). The van der Waals surface area contributed by atoms with Gasteiger partial charge in [0.25, 0.3) is 5.91 Å². The number of benzene rings is 1. The molecular weight excluding hydrogens is 331 g/mol. The number of carbonyl (C=O) groups excluding carboxylic acids is 1. The van der Waals surface area contributed by atoms with Gasteiger partial charge in [0.15, 0.2) is 0 Å². The van der Waals surface area contributed by atoms with Gasteiger partial charge in [-0.2, -0.15) is 5.10 Å². The maximum absolute atomic E-state index is 13.5. The van der Waals surface area contributed by atoms with E-state index in [9.17, 15) is 9.18 Å². The van der Waals surface area contributed by atoms with Gasteiger partial charge in [-0.05, 0) is 23.6 Å². The number of nitrogens with one attached hydrogen (secondary N) is 1. The maximum Gasteiger partial charge on any atom is 0.252 e. The molecule has 5 nitrogen and oxygen atoms in total. The second-order valence-electron chi connectivity index (χ2n) is 7.12. The molecule has 2 heterocycles. The minimum Gasteiger partial charge on any atom is -0.365 e. The highest BCUT2D eigenvalue weighted by atomic mass is 35.5. The highest BCUT2D eigenvalue weighted by Gasteiger charge is 2.35. The van der Waals surface area contributed by atoms with Gasteiger partial charge in [-0.15, -0.1) is 0 Å². The first-order valence-electron chi connectivity index (χ1n) is 7.77. The van der Waals surface area contributed by atoms with E-state index >= 15 is 0 Å².